The predicted molar refractivity (Wildman–Crippen MR) is 79.4 cm³/mol. The van der Waals surface area contributed by atoms with Crippen LogP contribution in [0.3, 0.4) is 0 Å². The number of ether oxygens (including phenoxy) is 1. The first-order valence-corrected chi connectivity index (χ1v) is 8.40. The predicted octanol–water partition coefficient (Wildman–Crippen LogP) is 3.62. The Balaban J connectivity index is 2.37. The smallest absolute Gasteiger partial charge is 0.296 e. The summed E-state index contributed by atoms with van der Waals surface area (Å²) >= 11 is 0. The summed E-state index contributed by atoms with van der Waals surface area (Å²) in [6.07, 6.45) is 4.05. The van der Waals surface area contributed by atoms with Crippen molar-refractivity contribution in [3.8, 4) is 5.75 Å². The van der Waals surface area contributed by atoms with Crippen LogP contribution in [0.1, 0.15) is 39.5 Å². The molecule has 0 unspecified atom stereocenters. The molecule has 5 heteroatoms. The van der Waals surface area contributed by atoms with Gasteiger partial charge in [-0.25, -0.2) is 0 Å². The lowest BCUT2D eigenvalue weighted by molar-refractivity contribution is 0.305. The van der Waals surface area contributed by atoms with Crippen LogP contribution in [0.5, 0.6) is 5.75 Å². The van der Waals surface area contributed by atoms with Crippen molar-refractivity contribution >= 4 is 10.1 Å². The fraction of sp³-hybridized carbons (Fsp3) is 0.600. The van der Waals surface area contributed by atoms with Crippen molar-refractivity contribution in [1.29, 1.82) is 0 Å². The number of methoxy groups -OCH3 is 1. The van der Waals surface area contributed by atoms with Crippen molar-refractivity contribution < 1.29 is 17.3 Å². The van der Waals surface area contributed by atoms with E-state index < -0.39 is 10.1 Å². The maximum atomic E-state index is 11.9. The molecule has 0 aliphatic heterocycles. The lowest BCUT2D eigenvalue weighted by Gasteiger charge is -2.07. The molecule has 0 aliphatic carbocycles. The van der Waals surface area contributed by atoms with Crippen LogP contribution in [0.15, 0.2) is 29.2 Å². The van der Waals surface area contributed by atoms with Crippen molar-refractivity contribution in [3.05, 3.63) is 24.3 Å². The second-order valence-electron chi connectivity index (χ2n) is 5.19. The summed E-state index contributed by atoms with van der Waals surface area (Å²) in [4.78, 5) is 0.167. The molecule has 0 atom stereocenters. The molecule has 1 rings (SSSR count). The van der Waals surface area contributed by atoms with E-state index in [1.807, 2.05) is 0 Å². The molecular weight excluding hydrogens is 276 g/mol. The van der Waals surface area contributed by atoms with Gasteiger partial charge in [-0.3, -0.25) is 4.18 Å². The van der Waals surface area contributed by atoms with Gasteiger partial charge in [0.1, 0.15) is 5.75 Å². The third-order valence-electron chi connectivity index (χ3n) is 3.01. The van der Waals surface area contributed by atoms with Crippen LogP contribution in [0.4, 0.5) is 0 Å². The van der Waals surface area contributed by atoms with E-state index in [-0.39, 0.29) is 11.5 Å². The van der Waals surface area contributed by atoms with Gasteiger partial charge < -0.3 is 4.74 Å². The molecule has 0 saturated heterocycles. The Morgan fingerprint density at radius 2 is 1.70 bits per heavy atom. The zero-order valence-corrected chi connectivity index (χ0v) is 13.3. The van der Waals surface area contributed by atoms with Crippen LogP contribution in [-0.4, -0.2) is 22.1 Å². The standard InChI is InChI=1S/C15H24O4S/c1-13(2)7-5-4-6-12-19-20(16,17)15-10-8-14(18-3)9-11-15/h8-11,13H,4-7,12H2,1-3H3. The Kier molecular flexibility index (Phi) is 7.02. The van der Waals surface area contributed by atoms with Gasteiger partial charge in [0.2, 0.25) is 0 Å². The molecule has 0 fully saturated rings. The second kappa shape index (κ2) is 8.27. The van der Waals surface area contributed by atoms with E-state index >= 15 is 0 Å². The summed E-state index contributed by atoms with van der Waals surface area (Å²) in [5.41, 5.74) is 0. The largest absolute Gasteiger partial charge is 0.497 e. The minimum atomic E-state index is -3.64. The van der Waals surface area contributed by atoms with Crippen LogP contribution in [0.25, 0.3) is 0 Å². The van der Waals surface area contributed by atoms with Gasteiger partial charge in [-0.05, 0) is 36.6 Å². The zero-order chi connectivity index (χ0) is 15.0. The Morgan fingerprint density at radius 3 is 2.25 bits per heavy atom. The normalized spacial score (nSPS) is 11.8. The molecule has 20 heavy (non-hydrogen) atoms. The van der Waals surface area contributed by atoms with Gasteiger partial charge in [-0.1, -0.05) is 33.1 Å². The molecule has 114 valence electrons. The average molecular weight is 300 g/mol. The van der Waals surface area contributed by atoms with Gasteiger partial charge in [-0.2, -0.15) is 8.42 Å². The maximum Gasteiger partial charge on any atom is 0.296 e. The van der Waals surface area contributed by atoms with Gasteiger partial charge in [-0.15, -0.1) is 0 Å². The molecule has 0 aromatic heterocycles. The van der Waals surface area contributed by atoms with Crippen molar-refractivity contribution in [2.45, 2.75) is 44.4 Å². The van der Waals surface area contributed by atoms with Gasteiger partial charge in [0.15, 0.2) is 0 Å². The maximum absolute atomic E-state index is 11.9. The molecular formula is C15H24O4S. The Bertz CT molecular complexity index is 477. The second-order valence-corrected chi connectivity index (χ2v) is 6.81. The highest BCUT2D eigenvalue weighted by Crippen LogP contribution is 2.18. The molecule has 4 nitrogen and oxygen atoms in total. The van der Waals surface area contributed by atoms with E-state index in [0.29, 0.717) is 11.7 Å². The summed E-state index contributed by atoms with van der Waals surface area (Å²) in [6, 6.07) is 6.21. The number of unbranched alkanes of at least 4 members (excludes halogenated alkanes) is 2. The summed E-state index contributed by atoms with van der Waals surface area (Å²) in [6.45, 7) is 4.61. The van der Waals surface area contributed by atoms with Crippen LogP contribution in [0, 0.1) is 5.92 Å². The SMILES string of the molecule is COc1ccc(S(=O)(=O)OCCCCCC(C)C)cc1. The summed E-state index contributed by atoms with van der Waals surface area (Å²) < 4.78 is 33.8. The highest BCUT2D eigenvalue weighted by molar-refractivity contribution is 7.86. The van der Waals surface area contributed by atoms with E-state index in [4.69, 9.17) is 8.92 Å². The Morgan fingerprint density at radius 1 is 1.05 bits per heavy atom. The fourth-order valence-corrected chi connectivity index (χ4v) is 2.75. The van der Waals surface area contributed by atoms with Crippen molar-refractivity contribution in [3.63, 3.8) is 0 Å². The Hall–Kier alpha value is -1.07. The molecule has 0 radical (unpaired) electrons. The molecule has 1 aromatic rings. The summed E-state index contributed by atoms with van der Waals surface area (Å²) in [5, 5.41) is 0. The third-order valence-corrected chi connectivity index (χ3v) is 4.34. The van der Waals surface area contributed by atoms with Crippen LogP contribution in [0.2, 0.25) is 0 Å². The van der Waals surface area contributed by atoms with E-state index in [1.165, 1.54) is 25.7 Å². The van der Waals surface area contributed by atoms with Crippen LogP contribution < -0.4 is 4.74 Å². The molecule has 0 bridgehead atoms. The number of benzene rings is 1. The first kappa shape index (κ1) is 17.0. The quantitative estimate of drug-likeness (QED) is 0.516. The molecule has 0 N–H and O–H groups in total. The minimum absolute atomic E-state index is 0.167. The Labute approximate surface area is 122 Å². The van der Waals surface area contributed by atoms with E-state index in [9.17, 15) is 8.42 Å². The third kappa shape index (κ3) is 5.92. The van der Waals surface area contributed by atoms with Crippen molar-refractivity contribution in [2.24, 2.45) is 5.92 Å². The topological polar surface area (TPSA) is 52.6 Å². The highest BCUT2D eigenvalue weighted by atomic mass is 32.2. The zero-order valence-electron chi connectivity index (χ0n) is 12.5. The highest BCUT2D eigenvalue weighted by Gasteiger charge is 2.14. The van der Waals surface area contributed by atoms with Crippen LogP contribution >= 0.6 is 0 Å². The lowest BCUT2D eigenvalue weighted by atomic mass is 10.1. The first-order chi connectivity index (χ1) is 9.45. The van der Waals surface area contributed by atoms with E-state index in [0.717, 1.165) is 19.3 Å². The molecule has 0 saturated carbocycles. The lowest BCUT2D eigenvalue weighted by Crippen LogP contribution is -2.07. The van der Waals surface area contributed by atoms with Gasteiger partial charge >= 0.3 is 0 Å². The van der Waals surface area contributed by atoms with Crippen molar-refractivity contribution in [2.75, 3.05) is 13.7 Å². The van der Waals surface area contributed by atoms with Crippen molar-refractivity contribution in [1.82, 2.24) is 0 Å². The molecule has 0 amide bonds. The summed E-state index contributed by atoms with van der Waals surface area (Å²) in [7, 11) is -2.11. The molecule has 0 spiro atoms. The molecule has 0 aliphatic rings. The average Bonchev–Trinajstić information content (AvgIpc) is 2.42. The van der Waals surface area contributed by atoms with E-state index in [2.05, 4.69) is 13.8 Å². The van der Waals surface area contributed by atoms with Gasteiger partial charge in [0, 0.05) is 0 Å². The molecule has 1 aromatic carbocycles. The van der Waals surface area contributed by atoms with Gasteiger partial charge in [0.25, 0.3) is 10.1 Å². The van der Waals surface area contributed by atoms with Gasteiger partial charge in [0.05, 0.1) is 18.6 Å². The monoisotopic (exact) mass is 300 g/mol. The van der Waals surface area contributed by atoms with Crippen LogP contribution in [-0.2, 0) is 14.3 Å². The van der Waals surface area contributed by atoms with E-state index in [1.54, 1.807) is 12.1 Å². The summed E-state index contributed by atoms with van der Waals surface area (Å²) in [5.74, 6) is 1.32. The number of rotatable bonds is 9. The number of hydrogen-bond donors (Lipinski definition) is 0. The first-order valence-electron chi connectivity index (χ1n) is 6.99. The number of hydrogen-bond acceptors (Lipinski definition) is 4. The minimum Gasteiger partial charge on any atom is -0.497 e. The molecule has 0 heterocycles. The fourth-order valence-electron chi connectivity index (χ4n) is 1.81.